The van der Waals surface area contributed by atoms with Gasteiger partial charge in [-0.05, 0) is 30.3 Å². The van der Waals surface area contributed by atoms with E-state index in [2.05, 4.69) is 9.72 Å². The highest BCUT2D eigenvalue weighted by atomic mass is 32.1. The number of hydrogen-bond acceptors (Lipinski definition) is 4. The second-order valence-corrected chi connectivity index (χ2v) is 5.32. The maximum absolute atomic E-state index is 12.3. The van der Waals surface area contributed by atoms with E-state index in [0.29, 0.717) is 10.6 Å². The largest absolute Gasteiger partial charge is 0.573 e. The lowest BCUT2D eigenvalue weighted by molar-refractivity contribution is -0.274. The van der Waals surface area contributed by atoms with Gasteiger partial charge in [-0.15, -0.1) is 24.5 Å². The molecule has 0 saturated carbocycles. The minimum atomic E-state index is -4.78. The van der Waals surface area contributed by atoms with Gasteiger partial charge in [-0.25, -0.2) is 4.98 Å². The van der Waals surface area contributed by atoms with Crippen molar-refractivity contribution in [1.29, 1.82) is 0 Å². The van der Waals surface area contributed by atoms with Gasteiger partial charge in [0.2, 0.25) is 0 Å². The van der Waals surface area contributed by atoms with E-state index in [0.717, 1.165) is 10.2 Å². The predicted molar refractivity (Wildman–Crippen MR) is 76.2 cm³/mol. The van der Waals surface area contributed by atoms with E-state index >= 15 is 0 Å². The SMILES string of the molecule is Nc1ccc(-c2nc3ccccc3s2)cc1OC(F)(F)F. The Morgan fingerprint density at radius 1 is 1.10 bits per heavy atom. The highest BCUT2D eigenvalue weighted by Crippen LogP contribution is 2.35. The molecule has 0 aliphatic heterocycles. The molecule has 0 aliphatic carbocycles. The Labute approximate surface area is 121 Å². The molecule has 0 radical (unpaired) electrons. The number of ether oxygens (including phenoxy) is 1. The monoisotopic (exact) mass is 310 g/mol. The smallest absolute Gasteiger partial charge is 0.404 e. The third kappa shape index (κ3) is 2.92. The minimum Gasteiger partial charge on any atom is -0.404 e. The van der Waals surface area contributed by atoms with E-state index in [1.807, 2.05) is 24.3 Å². The molecule has 3 rings (SSSR count). The van der Waals surface area contributed by atoms with Gasteiger partial charge in [-0.1, -0.05) is 12.1 Å². The summed E-state index contributed by atoms with van der Waals surface area (Å²) in [4.78, 5) is 4.39. The lowest BCUT2D eigenvalue weighted by Gasteiger charge is -2.11. The number of para-hydroxylation sites is 1. The zero-order chi connectivity index (χ0) is 15.0. The third-order valence-corrected chi connectivity index (χ3v) is 3.87. The van der Waals surface area contributed by atoms with Gasteiger partial charge in [0.1, 0.15) is 5.01 Å². The van der Waals surface area contributed by atoms with E-state index in [4.69, 9.17) is 5.73 Å². The first-order valence-corrected chi connectivity index (χ1v) is 6.75. The molecular formula is C14H9F3N2OS. The minimum absolute atomic E-state index is 0.0720. The predicted octanol–water partition coefficient (Wildman–Crippen LogP) is 4.44. The van der Waals surface area contributed by atoms with E-state index in [1.165, 1.54) is 23.5 Å². The summed E-state index contributed by atoms with van der Waals surface area (Å²) >= 11 is 1.39. The number of benzene rings is 2. The van der Waals surface area contributed by atoms with Crippen LogP contribution in [-0.4, -0.2) is 11.3 Å². The maximum Gasteiger partial charge on any atom is 0.573 e. The van der Waals surface area contributed by atoms with Crippen LogP contribution in [0.15, 0.2) is 42.5 Å². The molecule has 0 unspecified atom stereocenters. The molecule has 3 aromatic rings. The van der Waals surface area contributed by atoms with Crippen molar-refractivity contribution in [1.82, 2.24) is 4.98 Å². The fraction of sp³-hybridized carbons (Fsp3) is 0.0714. The summed E-state index contributed by atoms with van der Waals surface area (Å²) < 4.78 is 41.9. The second-order valence-electron chi connectivity index (χ2n) is 4.29. The van der Waals surface area contributed by atoms with Crippen LogP contribution in [0.25, 0.3) is 20.8 Å². The molecule has 2 N–H and O–H groups in total. The number of alkyl halides is 3. The van der Waals surface area contributed by atoms with Crippen LogP contribution in [0.3, 0.4) is 0 Å². The van der Waals surface area contributed by atoms with Gasteiger partial charge in [0.05, 0.1) is 15.9 Å². The number of halogens is 3. The molecule has 108 valence electrons. The summed E-state index contributed by atoms with van der Waals surface area (Å²) in [6, 6.07) is 11.7. The molecule has 0 spiro atoms. The van der Waals surface area contributed by atoms with E-state index in [1.54, 1.807) is 6.07 Å². The Hall–Kier alpha value is -2.28. The molecule has 0 amide bonds. The lowest BCUT2D eigenvalue weighted by atomic mass is 10.2. The Kier molecular flexibility index (Phi) is 3.21. The van der Waals surface area contributed by atoms with E-state index in [-0.39, 0.29) is 5.69 Å². The number of nitrogens with zero attached hydrogens (tertiary/aromatic N) is 1. The Balaban J connectivity index is 2.04. The van der Waals surface area contributed by atoms with E-state index < -0.39 is 12.1 Å². The summed E-state index contributed by atoms with van der Waals surface area (Å²) in [5.41, 5.74) is 6.77. The Morgan fingerprint density at radius 2 is 1.86 bits per heavy atom. The first-order chi connectivity index (χ1) is 9.92. The van der Waals surface area contributed by atoms with Crippen molar-refractivity contribution >= 4 is 27.2 Å². The first-order valence-electron chi connectivity index (χ1n) is 5.93. The fourth-order valence-electron chi connectivity index (χ4n) is 1.88. The van der Waals surface area contributed by atoms with Crippen LogP contribution in [0.4, 0.5) is 18.9 Å². The molecule has 3 nitrogen and oxygen atoms in total. The van der Waals surface area contributed by atoms with Crippen molar-refractivity contribution < 1.29 is 17.9 Å². The normalized spacial score (nSPS) is 11.8. The number of aromatic nitrogens is 1. The zero-order valence-electron chi connectivity index (χ0n) is 10.5. The van der Waals surface area contributed by atoms with Crippen molar-refractivity contribution in [2.24, 2.45) is 0 Å². The molecule has 1 heterocycles. The Bertz CT molecular complexity index is 765. The van der Waals surface area contributed by atoms with Gasteiger partial charge in [0.25, 0.3) is 0 Å². The van der Waals surface area contributed by atoms with Crippen molar-refractivity contribution in [3.05, 3.63) is 42.5 Å². The van der Waals surface area contributed by atoms with Gasteiger partial charge in [0.15, 0.2) is 5.75 Å². The third-order valence-electron chi connectivity index (χ3n) is 2.78. The molecule has 0 saturated heterocycles. The quantitative estimate of drug-likeness (QED) is 0.712. The van der Waals surface area contributed by atoms with Crippen LogP contribution < -0.4 is 10.5 Å². The second kappa shape index (κ2) is 4.92. The first kappa shape index (κ1) is 13.7. The average Bonchev–Trinajstić information content (AvgIpc) is 2.83. The lowest BCUT2D eigenvalue weighted by Crippen LogP contribution is -2.18. The van der Waals surface area contributed by atoms with Crippen LogP contribution in [-0.2, 0) is 0 Å². The fourth-order valence-corrected chi connectivity index (χ4v) is 2.84. The van der Waals surface area contributed by atoms with Crippen molar-refractivity contribution in [2.75, 3.05) is 5.73 Å². The van der Waals surface area contributed by atoms with Crippen LogP contribution in [0, 0.1) is 0 Å². The number of rotatable bonds is 2. The molecule has 0 bridgehead atoms. The van der Waals surface area contributed by atoms with E-state index in [9.17, 15) is 13.2 Å². The number of nitrogens with two attached hydrogens (primary N) is 1. The van der Waals surface area contributed by atoms with Crippen LogP contribution >= 0.6 is 11.3 Å². The molecular weight excluding hydrogens is 301 g/mol. The van der Waals surface area contributed by atoms with Gasteiger partial charge in [-0.2, -0.15) is 0 Å². The summed E-state index contributed by atoms with van der Waals surface area (Å²) in [6.45, 7) is 0. The molecule has 7 heteroatoms. The van der Waals surface area contributed by atoms with Crippen molar-refractivity contribution in [3.63, 3.8) is 0 Å². The Morgan fingerprint density at radius 3 is 2.57 bits per heavy atom. The van der Waals surface area contributed by atoms with Gasteiger partial charge >= 0.3 is 6.36 Å². The number of fused-ring (bicyclic) bond motifs is 1. The van der Waals surface area contributed by atoms with Gasteiger partial charge < -0.3 is 10.5 Å². The molecule has 0 atom stereocenters. The standard InChI is InChI=1S/C14H9F3N2OS/c15-14(16,17)20-11-7-8(5-6-9(11)18)13-19-10-3-1-2-4-12(10)21-13/h1-7H,18H2. The summed E-state index contributed by atoms with van der Waals surface area (Å²) in [5, 5.41) is 0.614. The summed E-state index contributed by atoms with van der Waals surface area (Å²) in [5.74, 6) is -0.417. The van der Waals surface area contributed by atoms with Crippen LogP contribution in [0.2, 0.25) is 0 Å². The van der Waals surface area contributed by atoms with Crippen LogP contribution in [0.1, 0.15) is 0 Å². The molecule has 2 aromatic carbocycles. The zero-order valence-corrected chi connectivity index (χ0v) is 11.3. The number of nitrogen functional groups attached to an aromatic ring is 1. The highest BCUT2D eigenvalue weighted by Gasteiger charge is 2.32. The maximum atomic E-state index is 12.3. The average molecular weight is 310 g/mol. The molecule has 0 aliphatic rings. The number of thiazole rings is 1. The van der Waals surface area contributed by atoms with Crippen molar-refractivity contribution in [2.45, 2.75) is 6.36 Å². The topological polar surface area (TPSA) is 48.1 Å². The number of hydrogen-bond donors (Lipinski definition) is 1. The number of anilines is 1. The highest BCUT2D eigenvalue weighted by molar-refractivity contribution is 7.21. The summed E-state index contributed by atoms with van der Waals surface area (Å²) in [7, 11) is 0. The van der Waals surface area contributed by atoms with Gasteiger partial charge in [-0.3, -0.25) is 0 Å². The molecule has 0 fully saturated rings. The summed E-state index contributed by atoms with van der Waals surface area (Å²) in [6.07, 6.45) is -4.78. The van der Waals surface area contributed by atoms with Gasteiger partial charge in [0, 0.05) is 5.56 Å². The van der Waals surface area contributed by atoms with Crippen LogP contribution in [0.5, 0.6) is 5.75 Å². The molecule has 1 aromatic heterocycles. The van der Waals surface area contributed by atoms with Crippen molar-refractivity contribution in [3.8, 4) is 16.3 Å². The molecule has 21 heavy (non-hydrogen) atoms.